The third-order valence-corrected chi connectivity index (χ3v) is 3.73. The van der Waals surface area contributed by atoms with Crippen molar-refractivity contribution in [3.63, 3.8) is 0 Å². The molecule has 27 heavy (non-hydrogen) atoms. The second-order valence-electron chi connectivity index (χ2n) is 5.62. The van der Waals surface area contributed by atoms with Crippen molar-refractivity contribution in [3.05, 3.63) is 54.4 Å². The molecule has 0 saturated heterocycles. The zero-order valence-electron chi connectivity index (χ0n) is 15.2. The minimum absolute atomic E-state index is 0.136. The molecule has 0 aliphatic carbocycles. The fourth-order valence-corrected chi connectivity index (χ4v) is 2.38. The highest BCUT2D eigenvalue weighted by molar-refractivity contribution is 5.72. The molecule has 2 aromatic carbocycles. The molecular weight excluding hydrogens is 348 g/mol. The molecule has 0 spiro atoms. The highest BCUT2D eigenvalue weighted by atomic mass is 16.5. The molecule has 7 heteroatoms. The van der Waals surface area contributed by atoms with E-state index >= 15 is 0 Å². The largest absolute Gasteiger partial charge is 0.497 e. The standard InChI is InChI=1S/C20H20N2O5/c1-3-25-16-6-4-14(5-7-16)20-21-18(27-22-20)12-13-19(23)26-17-10-8-15(24-2)9-11-17/h4-11H,3,12-13H2,1-2H3. The van der Waals surface area contributed by atoms with Crippen LogP contribution < -0.4 is 14.2 Å². The Kier molecular flexibility index (Phi) is 6.04. The van der Waals surface area contributed by atoms with Crippen molar-refractivity contribution in [1.29, 1.82) is 0 Å². The number of carbonyl (C=O) groups excluding carboxylic acids is 1. The predicted octanol–water partition coefficient (Wildman–Crippen LogP) is 3.68. The normalized spacial score (nSPS) is 10.4. The summed E-state index contributed by atoms with van der Waals surface area (Å²) in [6, 6.07) is 14.2. The third-order valence-electron chi connectivity index (χ3n) is 3.73. The molecule has 0 fully saturated rings. The number of hydrogen-bond acceptors (Lipinski definition) is 7. The first-order valence-corrected chi connectivity index (χ1v) is 8.58. The van der Waals surface area contributed by atoms with Gasteiger partial charge in [-0.05, 0) is 55.5 Å². The number of nitrogens with zero attached hydrogens (tertiary/aromatic N) is 2. The Labute approximate surface area is 156 Å². The van der Waals surface area contributed by atoms with Crippen LogP contribution in [0.15, 0.2) is 53.1 Å². The van der Waals surface area contributed by atoms with E-state index < -0.39 is 0 Å². The number of hydrogen-bond donors (Lipinski definition) is 0. The van der Waals surface area contributed by atoms with Gasteiger partial charge >= 0.3 is 5.97 Å². The lowest BCUT2D eigenvalue weighted by Gasteiger charge is -2.04. The maximum absolute atomic E-state index is 12.0. The third kappa shape index (κ3) is 5.07. The molecule has 3 aromatic rings. The molecule has 0 N–H and O–H groups in total. The van der Waals surface area contributed by atoms with Gasteiger partial charge in [0.15, 0.2) is 0 Å². The first-order chi connectivity index (χ1) is 13.2. The first kappa shape index (κ1) is 18.4. The average molecular weight is 368 g/mol. The lowest BCUT2D eigenvalue weighted by molar-refractivity contribution is -0.134. The molecule has 0 bridgehead atoms. The molecule has 0 amide bonds. The average Bonchev–Trinajstić information content (AvgIpc) is 3.17. The van der Waals surface area contributed by atoms with Crippen molar-refractivity contribution in [3.8, 4) is 28.6 Å². The molecular formula is C20H20N2O5. The quantitative estimate of drug-likeness (QED) is 0.443. The molecule has 0 saturated carbocycles. The Morgan fingerprint density at radius 2 is 1.67 bits per heavy atom. The van der Waals surface area contributed by atoms with Gasteiger partial charge < -0.3 is 18.7 Å². The molecule has 0 aliphatic heterocycles. The van der Waals surface area contributed by atoms with Crippen LogP contribution in [0, 0.1) is 0 Å². The minimum Gasteiger partial charge on any atom is -0.497 e. The second kappa shape index (κ2) is 8.84. The van der Waals surface area contributed by atoms with E-state index in [0.29, 0.717) is 36.2 Å². The summed E-state index contributed by atoms with van der Waals surface area (Å²) < 4.78 is 20.9. The first-order valence-electron chi connectivity index (χ1n) is 8.58. The summed E-state index contributed by atoms with van der Waals surface area (Å²) in [5.41, 5.74) is 0.814. The van der Waals surface area contributed by atoms with Gasteiger partial charge in [-0.3, -0.25) is 4.79 Å². The van der Waals surface area contributed by atoms with Crippen LogP contribution in [-0.4, -0.2) is 29.8 Å². The van der Waals surface area contributed by atoms with Crippen molar-refractivity contribution >= 4 is 5.97 Å². The molecule has 0 unspecified atom stereocenters. The van der Waals surface area contributed by atoms with E-state index in [0.717, 1.165) is 11.3 Å². The van der Waals surface area contributed by atoms with Crippen molar-refractivity contribution in [1.82, 2.24) is 10.1 Å². The van der Waals surface area contributed by atoms with Crippen LogP contribution in [-0.2, 0) is 11.2 Å². The SMILES string of the molecule is CCOc1ccc(-c2noc(CCC(=O)Oc3ccc(OC)cc3)n2)cc1. The molecule has 0 atom stereocenters. The number of methoxy groups -OCH3 is 1. The summed E-state index contributed by atoms with van der Waals surface area (Å²) in [5, 5.41) is 3.95. The lowest BCUT2D eigenvalue weighted by Crippen LogP contribution is -2.09. The Morgan fingerprint density at radius 3 is 2.33 bits per heavy atom. The van der Waals surface area contributed by atoms with Crippen LogP contribution in [0.25, 0.3) is 11.4 Å². The fraction of sp³-hybridized carbons (Fsp3) is 0.250. The van der Waals surface area contributed by atoms with Crippen molar-refractivity contribution in [2.75, 3.05) is 13.7 Å². The molecule has 7 nitrogen and oxygen atoms in total. The van der Waals surface area contributed by atoms with Gasteiger partial charge in [0, 0.05) is 12.0 Å². The topological polar surface area (TPSA) is 83.7 Å². The van der Waals surface area contributed by atoms with E-state index in [1.807, 2.05) is 31.2 Å². The van der Waals surface area contributed by atoms with Crippen LogP contribution in [0.2, 0.25) is 0 Å². The van der Waals surface area contributed by atoms with Crippen molar-refractivity contribution < 1.29 is 23.5 Å². The van der Waals surface area contributed by atoms with E-state index in [9.17, 15) is 4.79 Å². The zero-order valence-corrected chi connectivity index (χ0v) is 15.2. The lowest BCUT2D eigenvalue weighted by atomic mass is 10.2. The number of benzene rings is 2. The zero-order chi connectivity index (χ0) is 19.1. The number of ether oxygens (including phenoxy) is 3. The van der Waals surface area contributed by atoms with Gasteiger partial charge in [-0.2, -0.15) is 4.98 Å². The number of rotatable bonds is 8. The number of aryl methyl sites for hydroxylation is 1. The van der Waals surface area contributed by atoms with E-state index in [-0.39, 0.29) is 12.4 Å². The number of esters is 1. The highest BCUT2D eigenvalue weighted by Crippen LogP contribution is 2.21. The van der Waals surface area contributed by atoms with E-state index in [1.54, 1.807) is 31.4 Å². The maximum atomic E-state index is 12.0. The van der Waals surface area contributed by atoms with Gasteiger partial charge in [0.2, 0.25) is 11.7 Å². The Hall–Kier alpha value is -3.35. The molecule has 1 heterocycles. The van der Waals surface area contributed by atoms with Gasteiger partial charge in [-0.1, -0.05) is 5.16 Å². The van der Waals surface area contributed by atoms with Gasteiger partial charge in [-0.15, -0.1) is 0 Å². The summed E-state index contributed by atoms with van der Waals surface area (Å²) in [6.45, 7) is 2.54. The van der Waals surface area contributed by atoms with Gasteiger partial charge in [-0.25, -0.2) is 0 Å². The Morgan fingerprint density at radius 1 is 1.00 bits per heavy atom. The van der Waals surface area contributed by atoms with E-state index in [1.165, 1.54) is 0 Å². The van der Waals surface area contributed by atoms with E-state index in [4.69, 9.17) is 18.7 Å². The number of aromatic nitrogens is 2. The summed E-state index contributed by atoms with van der Waals surface area (Å²) in [7, 11) is 1.58. The molecule has 0 radical (unpaired) electrons. The molecule has 3 rings (SSSR count). The number of carbonyl (C=O) groups is 1. The summed E-state index contributed by atoms with van der Waals surface area (Å²) >= 11 is 0. The monoisotopic (exact) mass is 368 g/mol. The van der Waals surface area contributed by atoms with Gasteiger partial charge in [0.1, 0.15) is 17.2 Å². The van der Waals surface area contributed by atoms with Gasteiger partial charge in [0.05, 0.1) is 20.1 Å². The highest BCUT2D eigenvalue weighted by Gasteiger charge is 2.12. The second-order valence-corrected chi connectivity index (χ2v) is 5.62. The van der Waals surface area contributed by atoms with Crippen LogP contribution in [0.5, 0.6) is 17.2 Å². The smallest absolute Gasteiger partial charge is 0.311 e. The molecule has 140 valence electrons. The molecule has 1 aromatic heterocycles. The van der Waals surface area contributed by atoms with Crippen LogP contribution >= 0.6 is 0 Å². The minimum atomic E-state index is -0.374. The summed E-state index contributed by atoms with van der Waals surface area (Å²) in [4.78, 5) is 16.3. The van der Waals surface area contributed by atoms with Crippen LogP contribution in [0.1, 0.15) is 19.2 Å². The predicted molar refractivity (Wildman–Crippen MR) is 97.9 cm³/mol. The Balaban J connectivity index is 1.53. The van der Waals surface area contributed by atoms with Gasteiger partial charge in [0.25, 0.3) is 0 Å². The fourth-order valence-electron chi connectivity index (χ4n) is 2.38. The summed E-state index contributed by atoms with van der Waals surface area (Å²) in [6.07, 6.45) is 0.440. The van der Waals surface area contributed by atoms with E-state index in [2.05, 4.69) is 10.1 Å². The summed E-state index contributed by atoms with van der Waals surface area (Å²) in [5.74, 6) is 2.42. The molecule has 0 aliphatic rings. The maximum Gasteiger partial charge on any atom is 0.311 e. The van der Waals surface area contributed by atoms with Crippen LogP contribution in [0.4, 0.5) is 0 Å². The van der Waals surface area contributed by atoms with Crippen LogP contribution in [0.3, 0.4) is 0 Å². The van der Waals surface area contributed by atoms with Crippen molar-refractivity contribution in [2.24, 2.45) is 0 Å². The Bertz CT molecular complexity index is 872. The van der Waals surface area contributed by atoms with Crippen molar-refractivity contribution in [2.45, 2.75) is 19.8 Å².